The zero-order valence-corrected chi connectivity index (χ0v) is 10.5. The molecule has 2 unspecified atom stereocenters. The van der Waals surface area contributed by atoms with Crippen molar-refractivity contribution >= 4 is 0 Å². The quantitative estimate of drug-likeness (QED) is 0.638. The second-order valence-electron chi connectivity index (χ2n) is 4.70. The van der Waals surface area contributed by atoms with Crippen molar-refractivity contribution in [3.05, 3.63) is 54.1 Å². The van der Waals surface area contributed by atoms with Crippen LogP contribution in [0, 0.1) is 5.92 Å². The summed E-state index contributed by atoms with van der Waals surface area (Å²) in [6, 6.07) is 8.11. The molecule has 5 heteroatoms. The summed E-state index contributed by atoms with van der Waals surface area (Å²) in [7, 11) is 0. The first-order chi connectivity index (χ1) is 9.38. The Labute approximate surface area is 111 Å². The normalized spacial score (nSPS) is 19.3. The van der Waals surface area contributed by atoms with Gasteiger partial charge < -0.3 is 4.74 Å². The maximum atomic E-state index is 5.80. The maximum absolute atomic E-state index is 5.80. The Kier molecular flexibility index (Phi) is 3.39. The van der Waals surface area contributed by atoms with Crippen LogP contribution in [0.4, 0.5) is 0 Å². The van der Waals surface area contributed by atoms with E-state index < -0.39 is 0 Å². The molecule has 2 aromatic rings. The third-order valence-corrected chi connectivity index (χ3v) is 3.50. The van der Waals surface area contributed by atoms with E-state index in [-0.39, 0.29) is 12.0 Å². The molecule has 0 bridgehead atoms. The molecule has 0 fully saturated rings. The molecule has 2 heterocycles. The van der Waals surface area contributed by atoms with Crippen LogP contribution >= 0.6 is 0 Å². The summed E-state index contributed by atoms with van der Waals surface area (Å²) in [5.41, 5.74) is 5.06. The predicted octanol–water partition coefficient (Wildman–Crippen LogP) is 1.23. The van der Waals surface area contributed by atoms with E-state index >= 15 is 0 Å². The Balaban J connectivity index is 1.83. The van der Waals surface area contributed by atoms with E-state index in [0.717, 1.165) is 17.7 Å². The minimum atomic E-state index is -0.00504. The average Bonchev–Trinajstić information content (AvgIpc) is 2.49. The predicted molar refractivity (Wildman–Crippen MR) is 71.2 cm³/mol. The number of hydrazine groups is 1. The first-order valence-corrected chi connectivity index (χ1v) is 6.30. The molecular formula is C14H16N4O. The lowest BCUT2D eigenvalue weighted by atomic mass is 9.88. The molecule has 3 rings (SSSR count). The van der Waals surface area contributed by atoms with Crippen molar-refractivity contribution in [2.24, 2.45) is 11.8 Å². The van der Waals surface area contributed by atoms with E-state index in [0.29, 0.717) is 6.61 Å². The SMILES string of the molecule is NNC(c1cncnc1)C1COc2ccccc2C1. The number of ether oxygens (including phenoxy) is 1. The summed E-state index contributed by atoms with van der Waals surface area (Å²) in [5.74, 6) is 6.93. The van der Waals surface area contributed by atoms with E-state index in [1.165, 1.54) is 11.9 Å². The molecule has 1 aliphatic heterocycles. The molecule has 0 spiro atoms. The summed E-state index contributed by atoms with van der Waals surface area (Å²) in [5, 5.41) is 0. The largest absolute Gasteiger partial charge is 0.493 e. The lowest BCUT2D eigenvalue weighted by molar-refractivity contribution is 0.184. The van der Waals surface area contributed by atoms with Gasteiger partial charge in [-0.3, -0.25) is 11.3 Å². The number of hydrogen-bond donors (Lipinski definition) is 2. The van der Waals surface area contributed by atoms with E-state index in [2.05, 4.69) is 21.5 Å². The van der Waals surface area contributed by atoms with Crippen LogP contribution in [0.3, 0.4) is 0 Å². The Morgan fingerprint density at radius 1 is 1.26 bits per heavy atom. The number of nitrogens with zero attached hydrogens (tertiary/aromatic N) is 2. The molecule has 0 aliphatic carbocycles. The van der Waals surface area contributed by atoms with Crippen molar-refractivity contribution < 1.29 is 4.74 Å². The van der Waals surface area contributed by atoms with Crippen molar-refractivity contribution in [3.63, 3.8) is 0 Å². The molecular weight excluding hydrogens is 240 g/mol. The van der Waals surface area contributed by atoms with Gasteiger partial charge in [0.05, 0.1) is 12.6 Å². The Morgan fingerprint density at radius 3 is 2.84 bits per heavy atom. The van der Waals surface area contributed by atoms with Crippen LogP contribution in [-0.2, 0) is 6.42 Å². The Hall–Kier alpha value is -1.98. The van der Waals surface area contributed by atoms with Crippen molar-refractivity contribution in [2.75, 3.05) is 6.61 Å². The van der Waals surface area contributed by atoms with Crippen LogP contribution in [0.5, 0.6) is 5.75 Å². The van der Waals surface area contributed by atoms with Crippen LogP contribution in [0.1, 0.15) is 17.2 Å². The molecule has 98 valence electrons. The lowest BCUT2D eigenvalue weighted by Gasteiger charge is -2.31. The molecule has 3 N–H and O–H groups in total. The number of nitrogens with one attached hydrogen (secondary N) is 1. The molecule has 2 atom stereocenters. The van der Waals surface area contributed by atoms with Gasteiger partial charge in [0.15, 0.2) is 0 Å². The van der Waals surface area contributed by atoms with E-state index in [1.54, 1.807) is 12.4 Å². The Bertz CT molecular complexity index is 546. The molecule has 1 aromatic carbocycles. The number of nitrogens with two attached hydrogens (primary N) is 1. The lowest BCUT2D eigenvalue weighted by Crippen LogP contribution is -2.38. The fraction of sp³-hybridized carbons (Fsp3) is 0.286. The van der Waals surface area contributed by atoms with Crippen LogP contribution in [-0.4, -0.2) is 16.6 Å². The van der Waals surface area contributed by atoms with Gasteiger partial charge in [-0.1, -0.05) is 18.2 Å². The van der Waals surface area contributed by atoms with Crippen molar-refractivity contribution in [2.45, 2.75) is 12.5 Å². The highest BCUT2D eigenvalue weighted by Gasteiger charge is 2.28. The fourth-order valence-electron chi connectivity index (χ4n) is 2.54. The fourth-order valence-corrected chi connectivity index (χ4v) is 2.54. The second kappa shape index (κ2) is 5.34. The molecule has 0 saturated heterocycles. The van der Waals surface area contributed by atoms with Crippen LogP contribution in [0.2, 0.25) is 0 Å². The molecule has 0 saturated carbocycles. The number of benzene rings is 1. The summed E-state index contributed by atoms with van der Waals surface area (Å²) >= 11 is 0. The number of rotatable bonds is 3. The maximum Gasteiger partial charge on any atom is 0.122 e. The van der Waals surface area contributed by atoms with Crippen LogP contribution in [0.15, 0.2) is 43.0 Å². The Morgan fingerprint density at radius 2 is 2.05 bits per heavy atom. The smallest absolute Gasteiger partial charge is 0.122 e. The molecule has 0 amide bonds. The monoisotopic (exact) mass is 256 g/mol. The summed E-state index contributed by atoms with van der Waals surface area (Å²) in [4.78, 5) is 8.09. The molecule has 0 radical (unpaired) electrons. The summed E-state index contributed by atoms with van der Waals surface area (Å²) in [6.07, 6.45) is 6.03. The second-order valence-corrected chi connectivity index (χ2v) is 4.70. The first-order valence-electron chi connectivity index (χ1n) is 6.30. The van der Waals surface area contributed by atoms with Gasteiger partial charge in [-0.25, -0.2) is 9.97 Å². The van der Waals surface area contributed by atoms with Gasteiger partial charge in [-0.2, -0.15) is 0 Å². The molecule has 1 aliphatic rings. The average molecular weight is 256 g/mol. The highest BCUT2D eigenvalue weighted by molar-refractivity contribution is 5.35. The molecule has 5 nitrogen and oxygen atoms in total. The highest BCUT2D eigenvalue weighted by atomic mass is 16.5. The zero-order chi connectivity index (χ0) is 13.1. The minimum absolute atomic E-state index is 0.00504. The zero-order valence-electron chi connectivity index (χ0n) is 10.5. The van der Waals surface area contributed by atoms with Gasteiger partial charge in [0, 0.05) is 23.9 Å². The topological polar surface area (TPSA) is 73.1 Å². The number of para-hydroxylation sites is 1. The number of fused-ring (bicyclic) bond motifs is 1. The molecule has 19 heavy (non-hydrogen) atoms. The standard InChI is InChI=1S/C14H16N4O/c15-18-14(12-6-16-9-17-7-12)11-5-10-3-1-2-4-13(10)19-8-11/h1-4,6-7,9,11,14,18H,5,8,15H2. The third kappa shape index (κ3) is 2.43. The highest BCUT2D eigenvalue weighted by Crippen LogP contribution is 2.32. The first kappa shape index (κ1) is 12.1. The van der Waals surface area contributed by atoms with Crippen LogP contribution in [0.25, 0.3) is 0 Å². The van der Waals surface area contributed by atoms with Gasteiger partial charge in [-0.05, 0) is 18.1 Å². The number of hydrogen-bond acceptors (Lipinski definition) is 5. The third-order valence-electron chi connectivity index (χ3n) is 3.50. The van der Waals surface area contributed by atoms with E-state index in [4.69, 9.17) is 10.6 Å². The summed E-state index contributed by atoms with van der Waals surface area (Å²) < 4.78 is 5.80. The summed E-state index contributed by atoms with van der Waals surface area (Å²) in [6.45, 7) is 0.640. The van der Waals surface area contributed by atoms with Gasteiger partial charge in [0.25, 0.3) is 0 Å². The minimum Gasteiger partial charge on any atom is -0.493 e. The van der Waals surface area contributed by atoms with Gasteiger partial charge in [0.2, 0.25) is 0 Å². The van der Waals surface area contributed by atoms with Gasteiger partial charge in [-0.15, -0.1) is 0 Å². The van der Waals surface area contributed by atoms with Crippen molar-refractivity contribution in [1.82, 2.24) is 15.4 Å². The van der Waals surface area contributed by atoms with Gasteiger partial charge >= 0.3 is 0 Å². The molecule has 1 aromatic heterocycles. The van der Waals surface area contributed by atoms with Crippen LogP contribution < -0.4 is 16.0 Å². The van der Waals surface area contributed by atoms with E-state index in [1.807, 2.05) is 18.2 Å². The van der Waals surface area contributed by atoms with Gasteiger partial charge in [0.1, 0.15) is 12.1 Å². The van der Waals surface area contributed by atoms with Crippen molar-refractivity contribution in [3.8, 4) is 5.75 Å². The van der Waals surface area contributed by atoms with Crippen molar-refractivity contribution in [1.29, 1.82) is 0 Å². The van der Waals surface area contributed by atoms with E-state index in [9.17, 15) is 0 Å². The number of aromatic nitrogens is 2.